The monoisotopic (exact) mass is 326 g/mol. The van der Waals surface area contributed by atoms with Crippen LogP contribution >= 0.6 is 11.6 Å². The minimum absolute atomic E-state index is 0.243. The summed E-state index contributed by atoms with van der Waals surface area (Å²) in [5.41, 5.74) is -0.459. The number of carbonyl (C=O) groups is 1. The lowest BCUT2D eigenvalue weighted by Gasteiger charge is -2.37. The Balaban J connectivity index is 1.90. The molecule has 1 saturated heterocycles. The Hall–Kier alpha value is -1.56. The summed E-state index contributed by atoms with van der Waals surface area (Å²) in [5, 5.41) is 0.433. The van der Waals surface area contributed by atoms with E-state index in [0.29, 0.717) is 24.2 Å². The zero-order valence-corrected chi connectivity index (χ0v) is 14.3. The molecule has 0 aliphatic carbocycles. The summed E-state index contributed by atoms with van der Waals surface area (Å²) in [4.78, 5) is 24.3. The Morgan fingerprint density at radius 1 is 1.41 bits per heavy atom. The molecule has 2 heterocycles. The molecule has 0 atom stereocenters. The second-order valence-electron chi connectivity index (χ2n) is 6.49. The third-order valence-corrected chi connectivity index (χ3v) is 3.80. The van der Waals surface area contributed by atoms with Crippen LogP contribution in [0, 0.1) is 0 Å². The van der Waals surface area contributed by atoms with Crippen LogP contribution in [0.15, 0.2) is 12.3 Å². The summed E-state index contributed by atoms with van der Waals surface area (Å²) in [5.74, 6) is 0.614. The van der Waals surface area contributed by atoms with Crippen LogP contribution in [-0.4, -0.2) is 52.7 Å². The van der Waals surface area contributed by atoms with Crippen LogP contribution in [0.1, 0.15) is 33.6 Å². The van der Waals surface area contributed by atoms with Crippen molar-refractivity contribution in [1.82, 2.24) is 14.9 Å². The van der Waals surface area contributed by atoms with Gasteiger partial charge < -0.3 is 14.5 Å². The molecule has 1 aromatic heterocycles. The highest BCUT2D eigenvalue weighted by atomic mass is 35.5. The van der Waals surface area contributed by atoms with Gasteiger partial charge in [0, 0.05) is 32.4 Å². The molecular weight excluding hydrogens is 304 g/mol. The van der Waals surface area contributed by atoms with E-state index in [4.69, 9.17) is 16.3 Å². The van der Waals surface area contributed by atoms with Gasteiger partial charge in [0.2, 0.25) is 5.95 Å². The van der Waals surface area contributed by atoms with Crippen LogP contribution < -0.4 is 4.90 Å². The highest BCUT2D eigenvalue weighted by Crippen LogP contribution is 2.21. The zero-order chi connectivity index (χ0) is 16.3. The molecule has 122 valence electrons. The topological polar surface area (TPSA) is 58.6 Å². The zero-order valence-electron chi connectivity index (χ0n) is 13.5. The quantitative estimate of drug-likeness (QED) is 0.782. The van der Waals surface area contributed by atoms with Gasteiger partial charge in [-0.1, -0.05) is 11.6 Å². The first-order chi connectivity index (χ1) is 10.3. The Labute approximate surface area is 136 Å². The minimum atomic E-state index is -0.459. The van der Waals surface area contributed by atoms with Crippen LogP contribution in [-0.2, 0) is 4.74 Å². The number of amides is 1. The third-order valence-electron chi connectivity index (χ3n) is 3.59. The van der Waals surface area contributed by atoms with E-state index in [0.717, 1.165) is 12.8 Å². The first kappa shape index (κ1) is 16.8. The molecule has 1 aliphatic heterocycles. The number of nitrogens with zero attached hydrogens (tertiary/aromatic N) is 4. The van der Waals surface area contributed by atoms with E-state index in [-0.39, 0.29) is 12.1 Å². The van der Waals surface area contributed by atoms with E-state index in [1.54, 1.807) is 17.2 Å². The number of aromatic nitrogens is 2. The van der Waals surface area contributed by atoms with Crippen molar-refractivity contribution in [3.63, 3.8) is 0 Å². The first-order valence-corrected chi connectivity index (χ1v) is 7.83. The van der Waals surface area contributed by atoms with Crippen molar-refractivity contribution >= 4 is 23.6 Å². The fraction of sp³-hybridized carbons (Fsp3) is 0.667. The maximum absolute atomic E-state index is 12.1. The van der Waals surface area contributed by atoms with Crippen molar-refractivity contribution in [2.45, 2.75) is 45.3 Å². The van der Waals surface area contributed by atoms with Gasteiger partial charge in [-0.3, -0.25) is 0 Å². The second-order valence-corrected chi connectivity index (χ2v) is 6.88. The predicted octanol–water partition coefficient (Wildman–Crippen LogP) is 2.97. The molecule has 6 nitrogen and oxygen atoms in total. The van der Waals surface area contributed by atoms with E-state index < -0.39 is 5.60 Å². The maximum Gasteiger partial charge on any atom is 0.410 e. The SMILES string of the molecule is CN(c1nccc(Cl)n1)C1CCN(C(=O)OC(C)(C)C)CC1. The molecule has 1 fully saturated rings. The molecule has 0 unspecified atom stereocenters. The Bertz CT molecular complexity index is 525. The van der Waals surface area contributed by atoms with Gasteiger partial charge >= 0.3 is 6.09 Å². The molecule has 0 aromatic carbocycles. The second kappa shape index (κ2) is 6.69. The fourth-order valence-electron chi connectivity index (χ4n) is 2.42. The summed E-state index contributed by atoms with van der Waals surface area (Å²) in [7, 11) is 1.96. The molecule has 0 spiro atoms. The lowest BCUT2D eigenvalue weighted by molar-refractivity contribution is 0.0205. The number of rotatable bonds is 2. The highest BCUT2D eigenvalue weighted by molar-refractivity contribution is 6.29. The Kier molecular flexibility index (Phi) is 5.11. The van der Waals surface area contributed by atoms with Gasteiger partial charge in [0.05, 0.1) is 0 Å². The van der Waals surface area contributed by atoms with Gasteiger partial charge in [-0.25, -0.2) is 14.8 Å². The number of anilines is 1. The molecule has 7 heteroatoms. The Morgan fingerprint density at radius 3 is 2.59 bits per heavy atom. The molecule has 22 heavy (non-hydrogen) atoms. The van der Waals surface area contributed by atoms with Crippen molar-refractivity contribution in [1.29, 1.82) is 0 Å². The lowest BCUT2D eigenvalue weighted by atomic mass is 10.0. The number of hydrogen-bond acceptors (Lipinski definition) is 5. The summed E-state index contributed by atoms with van der Waals surface area (Å²) >= 11 is 5.91. The van der Waals surface area contributed by atoms with Crippen LogP contribution in [0.5, 0.6) is 0 Å². The fourth-order valence-corrected chi connectivity index (χ4v) is 2.55. The average Bonchev–Trinajstić information content (AvgIpc) is 2.45. The molecule has 1 amide bonds. The molecule has 2 rings (SSSR count). The minimum Gasteiger partial charge on any atom is -0.444 e. The van der Waals surface area contributed by atoms with Gasteiger partial charge in [0.25, 0.3) is 0 Å². The standard InChI is InChI=1S/C15H23ClN4O2/c1-15(2,3)22-14(21)20-9-6-11(7-10-20)19(4)13-17-8-5-12(16)18-13/h5,8,11H,6-7,9-10H2,1-4H3. The smallest absolute Gasteiger partial charge is 0.410 e. The highest BCUT2D eigenvalue weighted by Gasteiger charge is 2.29. The lowest BCUT2D eigenvalue weighted by Crippen LogP contribution is -2.47. The van der Waals surface area contributed by atoms with E-state index in [1.165, 1.54) is 0 Å². The molecule has 0 radical (unpaired) electrons. The normalized spacial score (nSPS) is 16.5. The summed E-state index contributed by atoms with van der Waals surface area (Å²) in [6.45, 7) is 6.97. The van der Waals surface area contributed by atoms with Gasteiger partial charge in [0.15, 0.2) is 0 Å². The number of ether oxygens (including phenoxy) is 1. The maximum atomic E-state index is 12.1. The summed E-state index contributed by atoms with van der Waals surface area (Å²) in [6.07, 6.45) is 3.11. The molecule has 1 aliphatic rings. The average molecular weight is 327 g/mol. The summed E-state index contributed by atoms with van der Waals surface area (Å²) in [6, 6.07) is 1.95. The van der Waals surface area contributed by atoms with Gasteiger partial charge in [-0.15, -0.1) is 0 Å². The molecule has 0 N–H and O–H groups in total. The van der Waals surface area contributed by atoms with Crippen molar-refractivity contribution in [3.05, 3.63) is 17.4 Å². The van der Waals surface area contributed by atoms with E-state index in [2.05, 4.69) is 9.97 Å². The van der Waals surface area contributed by atoms with Crippen molar-refractivity contribution in [2.75, 3.05) is 25.0 Å². The molecular formula is C15H23ClN4O2. The molecule has 0 bridgehead atoms. The van der Waals surface area contributed by atoms with E-state index >= 15 is 0 Å². The number of carbonyl (C=O) groups excluding carboxylic acids is 1. The first-order valence-electron chi connectivity index (χ1n) is 7.45. The Morgan fingerprint density at radius 2 is 2.05 bits per heavy atom. The van der Waals surface area contributed by atoms with Gasteiger partial charge in [-0.05, 0) is 39.7 Å². The van der Waals surface area contributed by atoms with Crippen LogP contribution in [0.25, 0.3) is 0 Å². The van der Waals surface area contributed by atoms with Crippen LogP contribution in [0.4, 0.5) is 10.7 Å². The number of likely N-dealkylation sites (tertiary alicyclic amines) is 1. The van der Waals surface area contributed by atoms with E-state index in [1.807, 2.05) is 32.7 Å². The van der Waals surface area contributed by atoms with Crippen molar-refractivity contribution < 1.29 is 9.53 Å². The third kappa shape index (κ3) is 4.47. The van der Waals surface area contributed by atoms with E-state index in [9.17, 15) is 4.79 Å². The summed E-state index contributed by atoms with van der Waals surface area (Å²) < 4.78 is 5.40. The van der Waals surface area contributed by atoms with Crippen LogP contribution in [0.3, 0.4) is 0 Å². The number of halogens is 1. The van der Waals surface area contributed by atoms with Gasteiger partial charge in [0.1, 0.15) is 10.8 Å². The number of hydrogen-bond donors (Lipinski definition) is 0. The van der Waals surface area contributed by atoms with Crippen molar-refractivity contribution in [3.8, 4) is 0 Å². The molecule has 0 saturated carbocycles. The van der Waals surface area contributed by atoms with Crippen LogP contribution in [0.2, 0.25) is 5.15 Å². The predicted molar refractivity (Wildman–Crippen MR) is 86.3 cm³/mol. The largest absolute Gasteiger partial charge is 0.444 e. The molecule has 1 aromatic rings. The van der Waals surface area contributed by atoms with Gasteiger partial charge in [-0.2, -0.15) is 0 Å². The number of piperidine rings is 1. The van der Waals surface area contributed by atoms with Crippen molar-refractivity contribution in [2.24, 2.45) is 0 Å².